The Labute approximate surface area is 131 Å². The standard InChI is InChI=1S/C17H12FN5/c18-12-4-3-5-13(10-12)21-17-19-8-7-14(22-17)15-11-20-16-6-1-2-9-23(15)16/h1-11H,(H,19,21,22). The van der Waals surface area contributed by atoms with E-state index in [4.69, 9.17) is 0 Å². The summed E-state index contributed by atoms with van der Waals surface area (Å²) in [4.78, 5) is 13.0. The number of imidazole rings is 1. The molecule has 5 nitrogen and oxygen atoms in total. The third-order valence-electron chi connectivity index (χ3n) is 3.42. The molecule has 0 spiro atoms. The molecular weight excluding hydrogens is 293 g/mol. The number of fused-ring (bicyclic) bond motifs is 1. The molecule has 0 amide bonds. The molecule has 4 rings (SSSR count). The van der Waals surface area contributed by atoms with Gasteiger partial charge in [0.1, 0.15) is 11.5 Å². The fraction of sp³-hybridized carbons (Fsp3) is 0. The Balaban J connectivity index is 1.71. The Hall–Kier alpha value is -3.28. The van der Waals surface area contributed by atoms with Gasteiger partial charge in [0.05, 0.1) is 17.6 Å². The minimum Gasteiger partial charge on any atom is -0.324 e. The highest BCUT2D eigenvalue weighted by Crippen LogP contribution is 2.21. The zero-order valence-electron chi connectivity index (χ0n) is 12.0. The highest BCUT2D eigenvalue weighted by molar-refractivity contribution is 5.62. The number of halogens is 1. The summed E-state index contributed by atoms with van der Waals surface area (Å²) in [5.74, 6) is 0.0897. The Morgan fingerprint density at radius 3 is 2.87 bits per heavy atom. The third-order valence-corrected chi connectivity index (χ3v) is 3.42. The number of hydrogen-bond acceptors (Lipinski definition) is 4. The van der Waals surface area contributed by atoms with E-state index in [1.807, 2.05) is 34.9 Å². The van der Waals surface area contributed by atoms with Crippen molar-refractivity contribution < 1.29 is 4.39 Å². The van der Waals surface area contributed by atoms with Gasteiger partial charge < -0.3 is 5.32 Å². The number of pyridine rings is 1. The molecule has 0 bridgehead atoms. The lowest BCUT2D eigenvalue weighted by atomic mass is 10.3. The van der Waals surface area contributed by atoms with E-state index in [-0.39, 0.29) is 5.82 Å². The maximum Gasteiger partial charge on any atom is 0.227 e. The molecule has 0 aliphatic rings. The van der Waals surface area contributed by atoms with Gasteiger partial charge in [-0.05, 0) is 36.4 Å². The molecular formula is C17H12FN5. The van der Waals surface area contributed by atoms with Gasteiger partial charge in [-0.15, -0.1) is 0 Å². The van der Waals surface area contributed by atoms with E-state index >= 15 is 0 Å². The average molecular weight is 305 g/mol. The zero-order valence-corrected chi connectivity index (χ0v) is 12.0. The number of benzene rings is 1. The fourth-order valence-corrected chi connectivity index (χ4v) is 2.38. The molecule has 112 valence electrons. The Morgan fingerprint density at radius 1 is 1.00 bits per heavy atom. The van der Waals surface area contributed by atoms with Gasteiger partial charge in [-0.3, -0.25) is 4.40 Å². The van der Waals surface area contributed by atoms with Crippen LogP contribution in [-0.2, 0) is 0 Å². The van der Waals surface area contributed by atoms with Crippen LogP contribution in [0.25, 0.3) is 17.0 Å². The van der Waals surface area contributed by atoms with E-state index in [2.05, 4.69) is 20.3 Å². The predicted octanol–water partition coefficient (Wildman–Crippen LogP) is 3.67. The smallest absolute Gasteiger partial charge is 0.227 e. The van der Waals surface area contributed by atoms with Crippen molar-refractivity contribution in [3.63, 3.8) is 0 Å². The number of hydrogen-bond donors (Lipinski definition) is 1. The molecule has 6 heteroatoms. The first-order valence-electron chi connectivity index (χ1n) is 7.08. The maximum absolute atomic E-state index is 13.3. The molecule has 0 atom stereocenters. The molecule has 23 heavy (non-hydrogen) atoms. The molecule has 1 aromatic carbocycles. The van der Waals surface area contributed by atoms with E-state index in [1.165, 1.54) is 12.1 Å². The van der Waals surface area contributed by atoms with Crippen LogP contribution in [0.2, 0.25) is 0 Å². The van der Waals surface area contributed by atoms with Gasteiger partial charge >= 0.3 is 0 Å². The highest BCUT2D eigenvalue weighted by Gasteiger charge is 2.08. The first kappa shape index (κ1) is 13.4. The summed E-state index contributed by atoms with van der Waals surface area (Å²) in [6, 6.07) is 13.8. The van der Waals surface area contributed by atoms with Gasteiger partial charge in [0.15, 0.2) is 0 Å². The summed E-state index contributed by atoms with van der Waals surface area (Å²) in [7, 11) is 0. The van der Waals surface area contributed by atoms with Crippen molar-refractivity contribution in [1.29, 1.82) is 0 Å². The molecule has 3 aromatic heterocycles. The van der Waals surface area contributed by atoms with Crippen LogP contribution in [0.5, 0.6) is 0 Å². The quantitative estimate of drug-likeness (QED) is 0.627. The van der Waals surface area contributed by atoms with Crippen molar-refractivity contribution in [1.82, 2.24) is 19.4 Å². The molecule has 4 aromatic rings. The summed E-state index contributed by atoms with van der Waals surface area (Å²) in [5, 5.41) is 3.00. The lowest BCUT2D eigenvalue weighted by Crippen LogP contribution is -1.99. The average Bonchev–Trinajstić information content (AvgIpc) is 2.99. The zero-order chi connectivity index (χ0) is 15.6. The second-order valence-corrected chi connectivity index (χ2v) is 4.97. The van der Waals surface area contributed by atoms with E-state index in [9.17, 15) is 4.39 Å². The topological polar surface area (TPSA) is 55.1 Å². The fourth-order valence-electron chi connectivity index (χ4n) is 2.38. The molecule has 0 saturated heterocycles. The van der Waals surface area contributed by atoms with E-state index in [0.29, 0.717) is 11.6 Å². The maximum atomic E-state index is 13.3. The molecule has 0 saturated carbocycles. The van der Waals surface area contributed by atoms with Crippen LogP contribution >= 0.6 is 0 Å². The number of rotatable bonds is 3. The second-order valence-electron chi connectivity index (χ2n) is 4.97. The number of nitrogens with one attached hydrogen (secondary N) is 1. The minimum atomic E-state index is -0.312. The van der Waals surface area contributed by atoms with Crippen LogP contribution in [0.1, 0.15) is 0 Å². The molecule has 0 radical (unpaired) electrons. The van der Waals surface area contributed by atoms with Gasteiger partial charge in [-0.2, -0.15) is 0 Å². The van der Waals surface area contributed by atoms with Crippen molar-refractivity contribution in [2.75, 3.05) is 5.32 Å². The first-order valence-corrected chi connectivity index (χ1v) is 7.08. The highest BCUT2D eigenvalue weighted by atomic mass is 19.1. The largest absolute Gasteiger partial charge is 0.324 e. The van der Waals surface area contributed by atoms with Crippen LogP contribution in [0.15, 0.2) is 67.1 Å². The SMILES string of the molecule is Fc1cccc(Nc2nccc(-c3cnc4ccccn34)n2)c1. The summed E-state index contributed by atoms with van der Waals surface area (Å²) in [5.41, 5.74) is 3.05. The Bertz CT molecular complexity index is 979. The summed E-state index contributed by atoms with van der Waals surface area (Å²) in [6.07, 6.45) is 5.36. The van der Waals surface area contributed by atoms with Crippen LogP contribution in [0, 0.1) is 5.82 Å². The minimum absolute atomic E-state index is 0.312. The molecule has 0 aliphatic heterocycles. The summed E-state index contributed by atoms with van der Waals surface area (Å²) in [6.45, 7) is 0. The van der Waals surface area contributed by atoms with E-state index in [0.717, 1.165) is 17.0 Å². The van der Waals surface area contributed by atoms with Crippen LogP contribution in [0.3, 0.4) is 0 Å². The first-order chi connectivity index (χ1) is 11.3. The lowest BCUT2D eigenvalue weighted by Gasteiger charge is -2.06. The van der Waals surface area contributed by atoms with Gasteiger partial charge in [0, 0.05) is 18.1 Å². The second kappa shape index (κ2) is 5.49. The van der Waals surface area contributed by atoms with Crippen LogP contribution < -0.4 is 5.32 Å². The van der Waals surface area contributed by atoms with Crippen molar-refractivity contribution in [2.45, 2.75) is 0 Å². The predicted molar refractivity (Wildman–Crippen MR) is 85.9 cm³/mol. The monoisotopic (exact) mass is 305 g/mol. The third kappa shape index (κ3) is 2.62. The Morgan fingerprint density at radius 2 is 1.96 bits per heavy atom. The molecule has 0 aliphatic carbocycles. The molecule has 0 unspecified atom stereocenters. The van der Waals surface area contributed by atoms with Gasteiger partial charge in [-0.1, -0.05) is 12.1 Å². The van der Waals surface area contributed by atoms with Crippen molar-refractivity contribution in [3.8, 4) is 11.4 Å². The van der Waals surface area contributed by atoms with Crippen molar-refractivity contribution in [3.05, 3.63) is 72.9 Å². The number of anilines is 2. The van der Waals surface area contributed by atoms with Crippen LogP contribution in [-0.4, -0.2) is 19.4 Å². The number of aromatic nitrogens is 4. The number of nitrogens with zero attached hydrogens (tertiary/aromatic N) is 4. The summed E-state index contributed by atoms with van der Waals surface area (Å²) < 4.78 is 15.2. The molecule has 3 heterocycles. The van der Waals surface area contributed by atoms with Gasteiger partial charge in [0.2, 0.25) is 5.95 Å². The van der Waals surface area contributed by atoms with Gasteiger partial charge in [-0.25, -0.2) is 19.3 Å². The summed E-state index contributed by atoms with van der Waals surface area (Å²) >= 11 is 0. The van der Waals surface area contributed by atoms with Crippen molar-refractivity contribution in [2.24, 2.45) is 0 Å². The van der Waals surface area contributed by atoms with E-state index < -0.39 is 0 Å². The lowest BCUT2D eigenvalue weighted by molar-refractivity contribution is 0.628. The molecule has 0 fully saturated rings. The van der Waals surface area contributed by atoms with Crippen molar-refractivity contribution >= 4 is 17.3 Å². The van der Waals surface area contributed by atoms with Crippen LogP contribution in [0.4, 0.5) is 16.0 Å². The van der Waals surface area contributed by atoms with E-state index in [1.54, 1.807) is 24.5 Å². The Kier molecular flexibility index (Phi) is 3.20. The molecule has 1 N–H and O–H groups in total. The normalized spacial score (nSPS) is 10.8. The van der Waals surface area contributed by atoms with Gasteiger partial charge in [0.25, 0.3) is 0 Å².